The second-order valence-corrected chi connectivity index (χ2v) is 15.4. The highest BCUT2D eigenvalue weighted by atomic mass is 31.2. The molecule has 2 fully saturated rings. The highest BCUT2D eigenvalue weighted by Crippen LogP contribution is 2.50. The van der Waals surface area contributed by atoms with E-state index in [1.807, 2.05) is 11.9 Å². The Bertz CT molecular complexity index is 1760. The maximum absolute atomic E-state index is 14.5. The van der Waals surface area contributed by atoms with Gasteiger partial charge in [-0.1, -0.05) is 45.9 Å². The first kappa shape index (κ1) is 38.2. The molecule has 0 spiro atoms. The average molecular weight is 731 g/mol. The lowest BCUT2D eigenvalue weighted by molar-refractivity contribution is -0.175. The number of esters is 3. The number of aromatic nitrogens is 3. The number of rotatable bonds is 14. The Morgan fingerprint density at radius 1 is 1.02 bits per heavy atom. The van der Waals surface area contributed by atoms with E-state index in [1.54, 1.807) is 77.1 Å². The SMILES string of the molecule is CC(C)C(=O)O[C@H]1[C@H](c2ccc3c(N)ncnn23)O[C@](C)(COP(=O)(N[C@@H](C)C(=O)O[C@@H]2CCN(C)C2)Oc2ccccc2)[C@H]1OC(=O)C(C)C. The number of carbonyl (C=O) groups excluding carboxylic acids is 3. The zero-order valence-corrected chi connectivity index (χ0v) is 30.8. The van der Waals surface area contributed by atoms with Crippen LogP contribution in [0.1, 0.15) is 59.8 Å². The summed E-state index contributed by atoms with van der Waals surface area (Å²) in [6, 6.07) is 10.6. The number of carbonyl (C=O) groups is 3. The van der Waals surface area contributed by atoms with Crippen LogP contribution in [-0.4, -0.2) is 94.1 Å². The molecule has 1 aromatic carbocycles. The second-order valence-electron chi connectivity index (χ2n) is 13.8. The Labute approximate surface area is 296 Å². The largest absolute Gasteiger partial charge is 0.460 e. The Hall–Kier alpha value is -4.08. The molecule has 0 radical (unpaired) electrons. The first-order chi connectivity index (χ1) is 24.1. The van der Waals surface area contributed by atoms with Crippen LogP contribution in [0.15, 0.2) is 48.8 Å². The molecule has 0 aliphatic carbocycles. The van der Waals surface area contributed by atoms with Gasteiger partial charge in [-0.2, -0.15) is 10.2 Å². The van der Waals surface area contributed by atoms with Gasteiger partial charge in [0, 0.05) is 13.1 Å². The Balaban J connectivity index is 1.48. The Morgan fingerprint density at radius 3 is 2.35 bits per heavy atom. The molecule has 3 aromatic rings. The molecule has 17 heteroatoms. The molecular formula is C34H47N6O10P. The molecule has 2 aliphatic heterocycles. The third kappa shape index (κ3) is 8.87. The fraction of sp³-hybridized carbons (Fsp3) is 0.559. The first-order valence-electron chi connectivity index (χ1n) is 16.9. The summed E-state index contributed by atoms with van der Waals surface area (Å²) in [4.78, 5) is 45.5. The summed E-state index contributed by atoms with van der Waals surface area (Å²) < 4.78 is 52.3. The van der Waals surface area contributed by atoms with Crippen molar-refractivity contribution in [1.29, 1.82) is 0 Å². The average Bonchev–Trinajstić information content (AvgIpc) is 3.77. The van der Waals surface area contributed by atoms with Crippen LogP contribution in [-0.2, 0) is 42.4 Å². The highest BCUT2D eigenvalue weighted by molar-refractivity contribution is 7.52. The molecule has 278 valence electrons. The number of nitrogens with two attached hydrogens (primary N) is 1. The van der Waals surface area contributed by atoms with Gasteiger partial charge in [-0.3, -0.25) is 18.9 Å². The first-order valence-corrected chi connectivity index (χ1v) is 18.5. The van der Waals surface area contributed by atoms with Crippen molar-refractivity contribution < 1.29 is 46.9 Å². The molecular weight excluding hydrogens is 683 g/mol. The molecule has 51 heavy (non-hydrogen) atoms. The lowest BCUT2D eigenvalue weighted by Crippen LogP contribution is -2.49. The second kappa shape index (κ2) is 15.7. The summed E-state index contributed by atoms with van der Waals surface area (Å²) in [6.45, 7) is 10.6. The van der Waals surface area contributed by atoms with E-state index >= 15 is 0 Å². The molecule has 2 saturated heterocycles. The van der Waals surface area contributed by atoms with E-state index in [-0.39, 0.29) is 17.7 Å². The summed E-state index contributed by atoms with van der Waals surface area (Å²) in [5.74, 6) is -2.49. The van der Waals surface area contributed by atoms with Gasteiger partial charge in [0.05, 0.1) is 24.1 Å². The number of likely N-dealkylation sites (N-methyl/N-ethyl adjacent to an activating group) is 1. The topological polar surface area (TPSA) is 195 Å². The van der Waals surface area contributed by atoms with Gasteiger partial charge in [-0.15, -0.1) is 0 Å². The molecule has 1 unspecified atom stereocenters. The van der Waals surface area contributed by atoms with E-state index in [2.05, 4.69) is 15.2 Å². The molecule has 7 atom stereocenters. The fourth-order valence-electron chi connectivity index (χ4n) is 5.78. The van der Waals surface area contributed by atoms with Gasteiger partial charge in [-0.05, 0) is 51.6 Å². The number of nitrogens with zero attached hydrogens (tertiary/aromatic N) is 4. The minimum Gasteiger partial charge on any atom is -0.460 e. The molecule has 0 saturated carbocycles. The van der Waals surface area contributed by atoms with Gasteiger partial charge in [-0.25, -0.2) is 14.1 Å². The fourth-order valence-corrected chi connectivity index (χ4v) is 7.37. The summed E-state index contributed by atoms with van der Waals surface area (Å²) in [6.07, 6.45) is -1.90. The lowest BCUT2D eigenvalue weighted by atomic mass is 9.95. The Kier molecular flexibility index (Phi) is 11.7. The van der Waals surface area contributed by atoms with E-state index < -0.39 is 74.1 Å². The van der Waals surface area contributed by atoms with Gasteiger partial charge in [0.25, 0.3) is 0 Å². The van der Waals surface area contributed by atoms with Crippen molar-refractivity contribution in [3.8, 4) is 5.75 Å². The number of fused-ring (bicyclic) bond motifs is 1. The van der Waals surface area contributed by atoms with E-state index in [4.69, 9.17) is 33.7 Å². The van der Waals surface area contributed by atoms with Gasteiger partial charge >= 0.3 is 25.7 Å². The van der Waals surface area contributed by atoms with E-state index in [0.717, 1.165) is 6.54 Å². The van der Waals surface area contributed by atoms with Crippen LogP contribution in [0.3, 0.4) is 0 Å². The van der Waals surface area contributed by atoms with Crippen molar-refractivity contribution in [3.63, 3.8) is 0 Å². The van der Waals surface area contributed by atoms with Crippen molar-refractivity contribution in [1.82, 2.24) is 24.6 Å². The Morgan fingerprint density at radius 2 is 1.71 bits per heavy atom. The minimum atomic E-state index is -4.40. The monoisotopic (exact) mass is 730 g/mol. The van der Waals surface area contributed by atoms with E-state index in [9.17, 15) is 18.9 Å². The number of nitrogen functional groups attached to an aromatic ring is 1. The maximum atomic E-state index is 14.5. The summed E-state index contributed by atoms with van der Waals surface area (Å²) in [5.41, 5.74) is 5.39. The van der Waals surface area contributed by atoms with Crippen LogP contribution < -0.4 is 15.3 Å². The summed E-state index contributed by atoms with van der Waals surface area (Å²) >= 11 is 0. The number of likely N-dealkylation sites (tertiary alicyclic amines) is 1. The standard InChI is InChI=1S/C34H47N6O10P/c1-20(2)31(41)47-28-27(25-13-14-26-30(35)36-19-37-40(25)26)49-34(6,29(28)48-32(42)21(3)4)18-45-51(44,50-23-11-9-8-10-12-23)38-22(5)33(43)46-24-15-16-39(7)17-24/h8-14,19-22,24,27-29H,15-18H2,1-7H3,(H,38,44)(H2,35,36,37)/t22-,24+,27-,28-,29-,34+,51?/m0/s1. The van der Waals surface area contributed by atoms with Crippen molar-refractivity contribution in [2.75, 3.05) is 32.5 Å². The molecule has 3 N–H and O–H groups in total. The minimum absolute atomic E-state index is 0.199. The molecule has 16 nitrogen and oxygen atoms in total. The van der Waals surface area contributed by atoms with Crippen molar-refractivity contribution >= 4 is 37.0 Å². The third-order valence-corrected chi connectivity index (χ3v) is 10.3. The number of anilines is 1. The van der Waals surface area contributed by atoms with Crippen LogP contribution in [0.4, 0.5) is 5.82 Å². The summed E-state index contributed by atoms with van der Waals surface area (Å²) in [7, 11) is -2.47. The predicted octanol–water partition coefficient (Wildman–Crippen LogP) is 3.71. The van der Waals surface area contributed by atoms with E-state index in [0.29, 0.717) is 24.2 Å². The predicted molar refractivity (Wildman–Crippen MR) is 184 cm³/mol. The molecule has 4 heterocycles. The number of benzene rings is 1. The zero-order valence-electron chi connectivity index (χ0n) is 29.9. The van der Waals surface area contributed by atoms with Crippen molar-refractivity contribution in [2.24, 2.45) is 11.8 Å². The van der Waals surface area contributed by atoms with Crippen LogP contribution >= 0.6 is 7.75 Å². The van der Waals surface area contributed by atoms with Crippen LogP contribution in [0.2, 0.25) is 0 Å². The number of nitrogens with one attached hydrogen (secondary N) is 1. The van der Waals surface area contributed by atoms with Crippen LogP contribution in [0.25, 0.3) is 5.52 Å². The lowest BCUT2D eigenvalue weighted by Gasteiger charge is -2.33. The number of hydrogen-bond donors (Lipinski definition) is 2. The number of para-hydroxylation sites is 1. The van der Waals surface area contributed by atoms with Gasteiger partial charge in [0.15, 0.2) is 18.0 Å². The smallest absolute Gasteiger partial charge is 0.459 e. The van der Waals surface area contributed by atoms with Gasteiger partial charge in [0.2, 0.25) is 0 Å². The van der Waals surface area contributed by atoms with Crippen molar-refractivity contribution in [3.05, 3.63) is 54.5 Å². The van der Waals surface area contributed by atoms with Gasteiger partial charge < -0.3 is 34.1 Å². The normalized spacial score (nSPS) is 25.5. The zero-order chi connectivity index (χ0) is 37.1. The van der Waals surface area contributed by atoms with Crippen LogP contribution in [0, 0.1) is 11.8 Å². The van der Waals surface area contributed by atoms with Crippen LogP contribution in [0.5, 0.6) is 5.75 Å². The van der Waals surface area contributed by atoms with Gasteiger partial charge in [0.1, 0.15) is 41.4 Å². The maximum Gasteiger partial charge on any atom is 0.459 e. The molecule has 2 aliphatic rings. The molecule has 5 rings (SSSR count). The molecule has 0 amide bonds. The number of ether oxygens (including phenoxy) is 4. The van der Waals surface area contributed by atoms with E-state index in [1.165, 1.54) is 17.8 Å². The highest BCUT2D eigenvalue weighted by Gasteiger charge is 2.59. The molecule has 2 aromatic heterocycles. The number of hydrogen-bond acceptors (Lipinski definition) is 14. The quantitative estimate of drug-likeness (QED) is 0.138. The third-order valence-electron chi connectivity index (χ3n) is 8.66. The summed E-state index contributed by atoms with van der Waals surface area (Å²) in [5, 5.41) is 7.03. The molecule has 0 bridgehead atoms. The van der Waals surface area contributed by atoms with Crippen molar-refractivity contribution in [2.45, 2.75) is 84.0 Å².